The molecule has 0 saturated heterocycles. The fourth-order valence-corrected chi connectivity index (χ4v) is 6.11. The number of nitrogens with one attached hydrogen (secondary N) is 1. The molecule has 0 aromatic heterocycles. The fraction of sp³-hybridized carbons (Fsp3) is 0.357. The van der Waals surface area contributed by atoms with E-state index in [0.29, 0.717) is 17.8 Å². The predicted octanol–water partition coefficient (Wildman–Crippen LogP) is 6.60. The molecule has 0 fully saturated rings. The van der Waals surface area contributed by atoms with Gasteiger partial charge in [0.1, 0.15) is 5.78 Å². The first-order chi connectivity index (χ1) is 16.2. The standard InChI is InChI=1S/C28H38N3O2P/c1-22(2)20-21-33-34(32,27-18-16-26(17-19-27)31(5)6)28(29-24-10-8-7-9-11-24)23-12-14-25(15-13-23)30(3)4/h7-19,22,28-29H,20-21H2,1-6H3/t28-,34-/m0/s1. The van der Waals surface area contributed by atoms with Crippen LogP contribution < -0.4 is 20.4 Å². The van der Waals surface area contributed by atoms with E-state index in [0.717, 1.165) is 29.0 Å². The van der Waals surface area contributed by atoms with Gasteiger partial charge in [-0.15, -0.1) is 0 Å². The van der Waals surface area contributed by atoms with Crippen molar-refractivity contribution in [2.24, 2.45) is 5.92 Å². The van der Waals surface area contributed by atoms with Crippen molar-refractivity contribution in [1.29, 1.82) is 0 Å². The molecule has 3 rings (SSSR count). The van der Waals surface area contributed by atoms with Gasteiger partial charge in [0, 0.05) is 50.6 Å². The first kappa shape index (κ1) is 25.9. The van der Waals surface area contributed by atoms with Gasteiger partial charge in [-0.3, -0.25) is 4.57 Å². The summed E-state index contributed by atoms with van der Waals surface area (Å²) >= 11 is 0. The minimum atomic E-state index is -3.36. The Hall–Kier alpha value is -2.75. The summed E-state index contributed by atoms with van der Waals surface area (Å²) in [5.74, 6) is -0.0621. The SMILES string of the molecule is CC(C)CCO[P@@](=O)(c1ccc(N(C)C)cc1)[C@H](Nc1ccccc1)c1ccc(N(C)C)cc1. The van der Waals surface area contributed by atoms with E-state index in [1.807, 2.05) is 99.8 Å². The summed E-state index contributed by atoms with van der Waals surface area (Å²) in [5.41, 5.74) is 3.98. The highest BCUT2D eigenvalue weighted by molar-refractivity contribution is 7.67. The zero-order chi connectivity index (χ0) is 24.7. The van der Waals surface area contributed by atoms with Gasteiger partial charge in [-0.05, 0) is 66.4 Å². The molecule has 0 unspecified atom stereocenters. The summed E-state index contributed by atoms with van der Waals surface area (Å²) in [6.07, 6.45) is 0.845. The third-order valence-corrected chi connectivity index (χ3v) is 8.54. The second kappa shape index (κ2) is 11.6. The number of para-hydroxylation sites is 1. The third kappa shape index (κ3) is 6.43. The van der Waals surface area contributed by atoms with E-state index >= 15 is 0 Å². The lowest BCUT2D eigenvalue weighted by molar-refractivity contribution is 0.290. The van der Waals surface area contributed by atoms with Crippen molar-refractivity contribution in [2.75, 3.05) is 49.9 Å². The molecule has 0 radical (unpaired) electrons. The van der Waals surface area contributed by atoms with Crippen LogP contribution >= 0.6 is 7.37 Å². The third-order valence-electron chi connectivity index (χ3n) is 5.85. The Labute approximate surface area is 205 Å². The van der Waals surface area contributed by atoms with Crippen LogP contribution in [0.4, 0.5) is 17.1 Å². The zero-order valence-electron chi connectivity index (χ0n) is 21.2. The van der Waals surface area contributed by atoms with Gasteiger partial charge < -0.3 is 19.6 Å². The highest BCUT2D eigenvalue weighted by Crippen LogP contribution is 2.59. The van der Waals surface area contributed by atoms with Crippen LogP contribution in [0, 0.1) is 5.92 Å². The van der Waals surface area contributed by atoms with Gasteiger partial charge in [0.25, 0.3) is 7.37 Å². The van der Waals surface area contributed by atoms with Gasteiger partial charge in [0.05, 0.1) is 6.61 Å². The van der Waals surface area contributed by atoms with E-state index in [1.54, 1.807) is 0 Å². The molecule has 0 aliphatic heterocycles. The van der Waals surface area contributed by atoms with Crippen molar-refractivity contribution >= 4 is 29.7 Å². The van der Waals surface area contributed by atoms with Crippen molar-refractivity contribution < 1.29 is 9.09 Å². The van der Waals surface area contributed by atoms with Crippen LogP contribution in [-0.2, 0) is 9.09 Å². The van der Waals surface area contributed by atoms with Gasteiger partial charge in [-0.25, -0.2) is 0 Å². The number of anilines is 3. The van der Waals surface area contributed by atoms with E-state index in [-0.39, 0.29) is 0 Å². The molecule has 3 aromatic carbocycles. The number of nitrogens with zero attached hydrogens (tertiary/aromatic N) is 2. The van der Waals surface area contributed by atoms with Gasteiger partial charge in [-0.2, -0.15) is 0 Å². The zero-order valence-corrected chi connectivity index (χ0v) is 22.1. The van der Waals surface area contributed by atoms with Crippen LogP contribution in [-0.4, -0.2) is 34.8 Å². The molecule has 3 aromatic rings. The summed E-state index contributed by atoms with van der Waals surface area (Å²) in [6.45, 7) is 4.74. The van der Waals surface area contributed by atoms with E-state index in [4.69, 9.17) is 4.52 Å². The molecule has 5 nitrogen and oxygen atoms in total. The molecule has 0 saturated carbocycles. The summed E-state index contributed by atoms with van der Waals surface area (Å²) < 4.78 is 21.3. The largest absolute Gasteiger partial charge is 0.378 e. The molecule has 0 spiro atoms. The van der Waals surface area contributed by atoms with Crippen molar-refractivity contribution in [3.8, 4) is 0 Å². The Morgan fingerprint density at radius 3 is 1.82 bits per heavy atom. The van der Waals surface area contributed by atoms with Crippen molar-refractivity contribution in [1.82, 2.24) is 0 Å². The Morgan fingerprint density at radius 1 is 0.794 bits per heavy atom. The molecule has 34 heavy (non-hydrogen) atoms. The first-order valence-corrected chi connectivity index (χ1v) is 13.5. The van der Waals surface area contributed by atoms with E-state index in [1.165, 1.54) is 0 Å². The summed E-state index contributed by atoms with van der Waals surface area (Å²) in [4.78, 5) is 4.09. The predicted molar refractivity (Wildman–Crippen MR) is 147 cm³/mol. The summed E-state index contributed by atoms with van der Waals surface area (Å²) in [5, 5.41) is 4.26. The maximum absolute atomic E-state index is 14.9. The van der Waals surface area contributed by atoms with E-state index in [9.17, 15) is 4.57 Å². The Morgan fingerprint density at radius 2 is 1.32 bits per heavy atom. The maximum atomic E-state index is 14.9. The second-order valence-corrected chi connectivity index (χ2v) is 11.9. The minimum absolute atomic E-state index is 0.438. The van der Waals surface area contributed by atoms with E-state index in [2.05, 4.69) is 36.2 Å². The molecule has 0 heterocycles. The molecular weight excluding hydrogens is 441 g/mol. The van der Waals surface area contributed by atoms with Gasteiger partial charge in [0.15, 0.2) is 0 Å². The molecular formula is C28H38N3O2P. The highest BCUT2D eigenvalue weighted by Gasteiger charge is 2.38. The molecule has 0 bridgehead atoms. The Kier molecular flexibility index (Phi) is 8.82. The van der Waals surface area contributed by atoms with Crippen LogP contribution in [0.15, 0.2) is 78.9 Å². The number of rotatable bonds is 11. The number of hydrogen-bond donors (Lipinski definition) is 1. The van der Waals surface area contributed by atoms with E-state index < -0.39 is 13.2 Å². The van der Waals surface area contributed by atoms with Gasteiger partial charge >= 0.3 is 0 Å². The fourth-order valence-electron chi connectivity index (χ4n) is 3.69. The summed E-state index contributed by atoms with van der Waals surface area (Å²) in [7, 11) is 4.67. The average Bonchev–Trinajstić information content (AvgIpc) is 2.83. The van der Waals surface area contributed by atoms with Crippen LogP contribution in [0.25, 0.3) is 0 Å². The number of hydrogen-bond acceptors (Lipinski definition) is 5. The van der Waals surface area contributed by atoms with Crippen LogP contribution in [0.2, 0.25) is 0 Å². The second-order valence-electron chi connectivity index (χ2n) is 9.42. The quantitative estimate of drug-likeness (QED) is 0.314. The molecule has 182 valence electrons. The molecule has 2 atom stereocenters. The topological polar surface area (TPSA) is 44.8 Å². The highest BCUT2D eigenvalue weighted by atomic mass is 31.2. The molecule has 0 aliphatic rings. The average molecular weight is 480 g/mol. The molecule has 0 amide bonds. The Bertz CT molecular complexity index is 1070. The van der Waals surface area contributed by atoms with Crippen molar-refractivity contribution in [3.05, 3.63) is 84.4 Å². The lowest BCUT2D eigenvalue weighted by Crippen LogP contribution is -2.22. The van der Waals surface area contributed by atoms with Crippen molar-refractivity contribution in [2.45, 2.75) is 26.1 Å². The Balaban J connectivity index is 2.09. The summed E-state index contributed by atoms with van der Waals surface area (Å²) in [6, 6.07) is 26.0. The maximum Gasteiger partial charge on any atom is 0.258 e. The first-order valence-electron chi connectivity index (χ1n) is 11.8. The van der Waals surface area contributed by atoms with Gasteiger partial charge in [0.2, 0.25) is 0 Å². The van der Waals surface area contributed by atoms with Crippen LogP contribution in [0.5, 0.6) is 0 Å². The molecule has 1 N–H and O–H groups in total. The smallest absolute Gasteiger partial charge is 0.258 e. The minimum Gasteiger partial charge on any atom is -0.378 e. The van der Waals surface area contributed by atoms with Crippen molar-refractivity contribution in [3.63, 3.8) is 0 Å². The van der Waals surface area contributed by atoms with Crippen LogP contribution in [0.3, 0.4) is 0 Å². The molecule has 6 heteroatoms. The molecule has 0 aliphatic carbocycles. The lowest BCUT2D eigenvalue weighted by Gasteiger charge is -2.31. The monoisotopic (exact) mass is 479 g/mol. The number of benzene rings is 3. The van der Waals surface area contributed by atoms with Gasteiger partial charge in [-0.1, -0.05) is 44.2 Å². The lowest BCUT2D eigenvalue weighted by atomic mass is 10.2. The van der Waals surface area contributed by atoms with Crippen LogP contribution in [0.1, 0.15) is 31.6 Å². The normalized spacial score (nSPS) is 13.9.